The zero-order chi connectivity index (χ0) is 12.7. The lowest BCUT2D eigenvalue weighted by Crippen LogP contribution is -2.27. The summed E-state index contributed by atoms with van der Waals surface area (Å²) in [6, 6.07) is 1.73. The highest BCUT2D eigenvalue weighted by Gasteiger charge is 2.05. The molecule has 0 aliphatic carbocycles. The summed E-state index contributed by atoms with van der Waals surface area (Å²) in [7, 11) is 0. The van der Waals surface area contributed by atoms with E-state index in [0.29, 0.717) is 31.2 Å². The molecule has 0 saturated heterocycles. The number of carbonyl (C=O) groups is 1. The normalized spacial score (nSPS) is 10.6. The lowest BCUT2D eigenvalue weighted by atomic mass is 10.2. The minimum atomic E-state index is -0.132. The number of amides is 1. The van der Waals surface area contributed by atoms with Gasteiger partial charge in [0.25, 0.3) is 5.91 Å². The number of rotatable bonds is 6. The summed E-state index contributed by atoms with van der Waals surface area (Å²) >= 11 is 3.27. The topological polar surface area (TPSA) is 51.2 Å². The number of nitrogens with one attached hydrogen (secondary N) is 1. The van der Waals surface area contributed by atoms with Crippen molar-refractivity contribution < 1.29 is 9.53 Å². The Balaban J connectivity index is 2.26. The van der Waals surface area contributed by atoms with E-state index in [1.54, 1.807) is 12.3 Å². The molecule has 0 unspecified atom stereocenters. The summed E-state index contributed by atoms with van der Waals surface area (Å²) in [6.45, 7) is 5.94. The van der Waals surface area contributed by atoms with E-state index < -0.39 is 0 Å². The maximum Gasteiger partial charge on any atom is 0.252 e. The molecule has 0 aliphatic heterocycles. The van der Waals surface area contributed by atoms with Crippen LogP contribution in [0, 0.1) is 5.92 Å². The summed E-state index contributed by atoms with van der Waals surface area (Å²) in [5.74, 6) is 0.381. The molecule has 4 nitrogen and oxygen atoms in total. The van der Waals surface area contributed by atoms with Gasteiger partial charge in [0.1, 0.15) is 0 Å². The van der Waals surface area contributed by atoms with Crippen LogP contribution in [-0.4, -0.2) is 30.6 Å². The van der Waals surface area contributed by atoms with Crippen molar-refractivity contribution in [2.24, 2.45) is 5.92 Å². The highest BCUT2D eigenvalue weighted by atomic mass is 79.9. The van der Waals surface area contributed by atoms with Gasteiger partial charge in [-0.15, -0.1) is 0 Å². The number of carbonyl (C=O) groups excluding carboxylic acids is 1. The number of aromatic nitrogens is 1. The molecule has 0 saturated carbocycles. The van der Waals surface area contributed by atoms with Gasteiger partial charge in [-0.25, -0.2) is 0 Å². The Morgan fingerprint density at radius 2 is 2.29 bits per heavy atom. The van der Waals surface area contributed by atoms with E-state index in [0.717, 1.165) is 4.47 Å². The second-order valence-corrected chi connectivity index (χ2v) is 5.03. The van der Waals surface area contributed by atoms with E-state index in [1.807, 2.05) is 0 Å². The average Bonchev–Trinajstić information content (AvgIpc) is 2.28. The third-order valence-electron chi connectivity index (χ3n) is 1.95. The maximum atomic E-state index is 11.7. The summed E-state index contributed by atoms with van der Waals surface area (Å²) in [5, 5.41) is 2.78. The molecular formula is C12H17BrN2O2. The van der Waals surface area contributed by atoms with Crippen LogP contribution in [0.4, 0.5) is 0 Å². The van der Waals surface area contributed by atoms with E-state index in [9.17, 15) is 4.79 Å². The lowest BCUT2D eigenvalue weighted by molar-refractivity contribution is 0.0886. The minimum Gasteiger partial charge on any atom is -0.379 e. The Bertz CT molecular complexity index is 369. The monoisotopic (exact) mass is 300 g/mol. The third kappa shape index (κ3) is 5.79. The Morgan fingerprint density at radius 1 is 1.53 bits per heavy atom. The largest absolute Gasteiger partial charge is 0.379 e. The molecule has 0 aromatic carbocycles. The van der Waals surface area contributed by atoms with E-state index >= 15 is 0 Å². The van der Waals surface area contributed by atoms with Crippen molar-refractivity contribution in [1.29, 1.82) is 0 Å². The van der Waals surface area contributed by atoms with Gasteiger partial charge in [-0.3, -0.25) is 9.78 Å². The molecule has 94 valence electrons. The van der Waals surface area contributed by atoms with Crippen LogP contribution in [0.15, 0.2) is 22.9 Å². The van der Waals surface area contributed by atoms with Crippen LogP contribution >= 0.6 is 15.9 Å². The maximum absolute atomic E-state index is 11.7. The van der Waals surface area contributed by atoms with Crippen molar-refractivity contribution in [1.82, 2.24) is 10.3 Å². The van der Waals surface area contributed by atoms with Gasteiger partial charge in [-0.05, 0) is 27.9 Å². The van der Waals surface area contributed by atoms with Crippen molar-refractivity contribution in [3.63, 3.8) is 0 Å². The van der Waals surface area contributed by atoms with E-state index in [2.05, 4.69) is 40.1 Å². The van der Waals surface area contributed by atoms with Crippen molar-refractivity contribution in [2.45, 2.75) is 13.8 Å². The molecule has 0 fully saturated rings. The van der Waals surface area contributed by atoms with Crippen LogP contribution in [0.2, 0.25) is 0 Å². The van der Waals surface area contributed by atoms with Crippen LogP contribution in [0.3, 0.4) is 0 Å². The molecule has 1 heterocycles. The van der Waals surface area contributed by atoms with Gasteiger partial charge in [0.2, 0.25) is 0 Å². The second-order valence-electron chi connectivity index (χ2n) is 4.12. The molecule has 1 N–H and O–H groups in total. The summed E-state index contributed by atoms with van der Waals surface area (Å²) < 4.78 is 6.16. The molecule has 5 heteroatoms. The first-order valence-corrected chi connectivity index (χ1v) is 6.35. The molecule has 1 amide bonds. The molecule has 0 atom stereocenters. The zero-order valence-electron chi connectivity index (χ0n) is 10.1. The molecule has 1 rings (SSSR count). The number of hydrogen-bond donors (Lipinski definition) is 1. The minimum absolute atomic E-state index is 0.132. The Labute approximate surface area is 110 Å². The molecule has 1 aromatic rings. The lowest BCUT2D eigenvalue weighted by Gasteiger charge is -2.08. The van der Waals surface area contributed by atoms with E-state index in [1.165, 1.54) is 6.20 Å². The third-order valence-corrected chi connectivity index (χ3v) is 2.38. The molecule has 0 aliphatic rings. The fraction of sp³-hybridized carbons (Fsp3) is 0.500. The highest BCUT2D eigenvalue weighted by Crippen LogP contribution is 2.09. The predicted molar refractivity (Wildman–Crippen MR) is 69.9 cm³/mol. The van der Waals surface area contributed by atoms with Crippen molar-refractivity contribution >= 4 is 21.8 Å². The average molecular weight is 301 g/mol. The van der Waals surface area contributed by atoms with Gasteiger partial charge < -0.3 is 10.1 Å². The zero-order valence-corrected chi connectivity index (χ0v) is 11.7. The summed E-state index contributed by atoms with van der Waals surface area (Å²) in [6.07, 6.45) is 3.18. The fourth-order valence-electron chi connectivity index (χ4n) is 1.19. The first kappa shape index (κ1) is 14.1. The van der Waals surface area contributed by atoms with Gasteiger partial charge in [0, 0.05) is 30.0 Å². The number of ether oxygens (including phenoxy) is 1. The highest BCUT2D eigenvalue weighted by molar-refractivity contribution is 9.10. The van der Waals surface area contributed by atoms with Crippen molar-refractivity contribution in [2.75, 3.05) is 19.8 Å². The number of hydrogen-bond acceptors (Lipinski definition) is 3. The molecule has 0 radical (unpaired) electrons. The SMILES string of the molecule is CC(C)COCCNC(=O)c1cncc(Br)c1. The van der Waals surface area contributed by atoms with Gasteiger partial charge in [0.05, 0.1) is 12.2 Å². The predicted octanol–water partition coefficient (Wildman–Crippen LogP) is 2.25. The van der Waals surface area contributed by atoms with Crippen LogP contribution < -0.4 is 5.32 Å². The van der Waals surface area contributed by atoms with Crippen molar-refractivity contribution in [3.05, 3.63) is 28.5 Å². The smallest absolute Gasteiger partial charge is 0.252 e. The molecule has 17 heavy (non-hydrogen) atoms. The first-order chi connectivity index (χ1) is 8.09. The van der Waals surface area contributed by atoms with Gasteiger partial charge >= 0.3 is 0 Å². The molecule has 0 bridgehead atoms. The van der Waals surface area contributed by atoms with Crippen LogP contribution in [0.1, 0.15) is 24.2 Å². The van der Waals surface area contributed by atoms with Gasteiger partial charge in [-0.1, -0.05) is 13.8 Å². The van der Waals surface area contributed by atoms with Crippen LogP contribution in [0.5, 0.6) is 0 Å². The van der Waals surface area contributed by atoms with Gasteiger partial charge in [0.15, 0.2) is 0 Å². The number of pyridine rings is 1. The molecule has 1 aromatic heterocycles. The Morgan fingerprint density at radius 3 is 2.94 bits per heavy atom. The summed E-state index contributed by atoms with van der Waals surface area (Å²) in [5.41, 5.74) is 0.545. The van der Waals surface area contributed by atoms with Crippen molar-refractivity contribution in [3.8, 4) is 0 Å². The first-order valence-electron chi connectivity index (χ1n) is 5.56. The second kappa shape index (κ2) is 7.40. The number of halogens is 1. The van der Waals surface area contributed by atoms with E-state index in [-0.39, 0.29) is 5.91 Å². The Hall–Kier alpha value is -0.940. The molecule has 0 spiro atoms. The van der Waals surface area contributed by atoms with E-state index in [4.69, 9.17) is 4.74 Å². The summed E-state index contributed by atoms with van der Waals surface area (Å²) in [4.78, 5) is 15.6. The quantitative estimate of drug-likeness (QED) is 0.820. The van der Waals surface area contributed by atoms with Crippen LogP contribution in [0.25, 0.3) is 0 Å². The standard InChI is InChI=1S/C12H17BrN2O2/c1-9(2)8-17-4-3-15-12(16)10-5-11(13)7-14-6-10/h5-7,9H,3-4,8H2,1-2H3,(H,15,16). The number of nitrogens with zero attached hydrogens (tertiary/aromatic N) is 1. The van der Waals surface area contributed by atoms with Crippen LogP contribution in [-0.2, 0) is 4.74 Å². The van der Waals surface area contributed by atoms with Gasteiger partial charge in [-0.2, -0.15) is 0 Å². The fourth-order valence-corrected chi connectivity index (χ4v) is 1.56. The molecular weight excluding hydrogens is 284 g/mol. The Kier molecular flexibility index (Phi) is 6.15.